The van der Waals surface area contributed by atoms with Gasteiger partial charge in [-0.1, -0.05) is 0 Å². The second-order valence-corrected chi connectivity index (χ2v) is 12.3. The van der Waals surface area contributed by atoms with Crippen LogP contribution in [-0.2, 0) is 42.8 Å². The molecule has 11 N–H and O–H groups in total. The third kappa shape index (κ3) is 8.82. The number of carbonyl (C=O) groups is 1. The monoisotopic (exact) mass is 619 g/mol. The van der Waals surface area contributed by atoms with Crippen LogP contribution in [0.3, 0.4) is 0 Å². The van der Waals surface area contributed by atoms with Crippen molar-refractivity contribution in [2.75, 3.05) is 12.3 Å². The lowest BCUT2D eigenvalue weighted by Gasteiger charge is -2.24. The lowest BCUT2D eigenvalue weighted by molar-refractivity contribution is -0.124. The van der Waals surface area contributed by atoms with Crippen molar-refractivity contribution in [3.05, 3.63) is 41.0 Å². The molecule has 2 unspecified atom stereocenters. The number of nitrogens with two attached hydrogens (primary N) is 2. The van der Waals surface area contributed by atoms with E-state index in [0.29, 0.717) is 5.69 Å². The van der Waals surface area contributed by atoms with Crippen molar-refractivity contribution in [3.8, 4) is 0 Å². The van der Waals surface area contributed by atoms with E-state index < -0.39 is 72.2 Å². The topological polar surface area (TPSA) is 334 Å². The van der Waals surface area contributed by atoms with Crippen LogP contribution in [0, 0.1) is 0 Å². The van der Waals surface area contributed by atoms with Gasteiger partial charge in [-0.2, -0.15) is 13.6 Å². The Labute approximate surface area is 217 Å². The Hall–Kier alpha value is -2.35. The molecular formula is C15H24N7O14P3. The number of imidazole rings is 1. The highest BCUT2D eigenvalue weighted by atomic mass is 31.3. The van der Waals surface area contributed by atoms with E-state index in [9.17, 15) is 38.2 Å². The number of rotatable bonds is 12. The number of aliphatic hydroxyl groups excluding tert-OH is 1. The molecule has 0 bridgehead atoms. The molecule has 24 heteroatoms. The van der Waals surface area contributed by atoms with Gasteiger partial charge in [-0.25, -0.2) is 23.5 Å². The summed E-state index contributed by atoms with van der Waals surface area (Å²) in [6, 6.07) is -1.38. The molecule has 2 aromatic rings. The van der Waals surface area contributed by atoms with Crippen LogP contribution in [0.5, 0.6) is 0 Å². The number of nitrogen functional groups attached to an aromatic ring is 1. The number of amides is 1. The summed E-state index contributed by atoms with van der Waals surface area (Å²) < 4.78 is 52.4. The van der Waals surface area contributed by atoms with Crippen LogP contribution in [0.15, 0.2) is 29.6 Å². The number of aromatic amines is 1. The predicted molar refractivity (Wildman–Crippen MR) is 125 cm³/mol. The molecule has 0 aliphatic carbocycles. The van der Waals surface area contributed by atoms with E-state index in [1.54, 1.807) is 0 Å². The Kier molecular flexibility index (Phi) is 9.62. The van der Waals surface area contributed by atoms with Crippen LogP contribution in [-0.4, -0.2) is 81.0 Å². The largest absolute Gasteiger partial charge is 0.490 e. The van der Waals surface area contributed by atoms with Crippen molar-refractivity contribution >= 4 is 35.2 Å². The van der Waals surface area contributed by atoms with Gasteiger partial charge in [0.05, 0.1) is 19.0 Å². The van der Waals surface area contributed by atoms with Crippen molar-refractivity contribution in [2.45, 2.75) is 36.9 Å². The van der Waals surface area contributed by atoms with Gasteiger partial charge in [0.25, 0.3) is 0 Å². The summed E-state index contributed by atoms with van der Waals surface area (Å²) in [5.74, 6) is -0.951. The Morgan fingerprint density at radius 2 is 1.92 bits per heavy atom. The number of hydrogen-bond donors (Lipinski definition) is 9. The zero-order chi connectivity index (χ0) is 29.2. The Morgan fingerprint density at radius 3 is 2.51 bits per heavy atom. The normalized spacial score (nSPS) is 25.5. The van der Waals surface area contributed by atoms with Crippen LogP contribution in [0.4, 0.5) is 5.82 Å². The van der Waals surface area contributed by atoms with Crippen LogP contribution >= 0.6 is 23.5 Å². The van der Waals surface area contributed by atoms with Gasteiger partial charge in [-0.05, 0) is 6.07 Å². The maximum Gasteiger partial charge on any atom is 0.490 e. The summed E-state index contributed by atoms with van der Waals surface area (Å²) >= 11 is 0. The lowest BCUT2D eigenvalue weighted by atomic mass is 10.1. The van der Waals surface area contributed by atoms with E-state index in [2.05, 4.69) is 33.4 Å². The van der Waals surface area contributed by atoms with Gasteiger partial charge >= 0.3 is 29.2 Å². The number of carbonyl (C=O) groups excluding carboxylic acids is 1. The number of H-pyrrole nitrogens is 1. The maximum atomic E-state index is 12.7. The molecule has 1 amide bonds. The van der Waals surface area contributed by atoms with Crippen molar-refractivity contribution in [2.24, 2.45) is 5.73 Å². The van der Waals surface area contributed by atoms with Gasteiger partial charge in [0.2, 0.25) is 5.91 Å². The summed E-state index contributed by atoms with van der Waals surface area (Å²) in [4.78, 5) is 71.4. The Balaban J connectivity index is 1.77. The number of ether oxygens (including phenoxy) is 1. The summed E-state index contributed by atoms with van der Waals surface area (Å²) in [6.07, 6.45) is -0.892. The van der Waals surface area contributed by atoms with Gasteiger partial charge in [-0.3, -0.25) is 13.9 Å². The number of nitrogens with zero attached hydrogens (tertiary/aromatic N) is 3. The van der Waals surface area contributed by atoms with Crippen LogP contribution in [0.1, 0.15) is 11.9 Å². The number of nitrogens with one attached hydrogen (secondary N) is 2. The number of hydrogen-bond acceptors (Lipinski definition) is 14. The molecule has 3 heterocycles. The first-order valence-electron chi connectivity index (χ1n) is 10.5. The summed E-state index contributed by atoms with van der Waals surface area (Å²) in [7, 11) is -17.0. The van der Waals surface area contributed by atoms with E-state index in [-0.39, 0.29) is 12.2 Å². The van der Waals surface area contributed by atoms with E-state index >= 15 is 0 Å². The van der Waals surface area contributed by atoms with E-state index in [1.807, 2.05) is 0 Å². The molecule has 3 rings (SSSR count). The highest BCUT2D eigenvalue weighted by Crippen LogP contribution is 2.66. The molecule has 7 atom stereocenters. The number of aromatic nitrogens is 4. The van der Waals surface area contributed by atoms with Crippen molar-refractivity contribution in [1.82, 2.24) is 24.8 Å². The zero-order valence-electron chi connectivity index (χ0n) is 19.4. The summed E-state index contributed by atoms with van der Waals surface area (Å²) in [5, 5.41) is 13.2. The summed E-state index contributed by atoms with van der Waals surface area (Å²) in [6.45, 7) is -1.06. The second kappa shape index (κ2) is 12.0. The highest BCUT2D eigenvalue weighted by Gasteiger charge is 2.48. The van der Waals surface area contributed by atoms with E-state index in [0.717, 1.165) is 10.8 Å². The smallest absolute Gasteiger partial charge is 0.388 e. The molecule has 1 saturated heterocycles. The standard InChI is InChI=1S/C15H24N7O14P3/c16-8(3-7-4-18-6-19-7)13(24)21-11-12(23)9(34-14(11)22-2-1-10(17)20-15(22)25)5-33-38(29,30)36-39(31,32)35-37(26,27)28/h1-2,4,6,8-9,11-12,14,23H,3,5,16H2,(H,18,19)(H,21,24)(H,29,30)(H,31,32)(H2,17,20,25)(H2,26,27,28)/t8-,9+,11+,12+,14+/m0/s1. The molecule has 2 aromatic heterocycles. The first kappa shape index (κ1) is 31.2. The minimum Gasteiger partial charge on any atom is -0.388 e. The van der Waals surface area contributed by atoms with E-state index in [1.165, 1.54) is 18.6 Å². The van der Waals surface area contributed by atoms with Gasteiger partial charge in [0.15, 0.2) is 6.23 Å². The first-order chi connectivity index (χ1) is 18.0. The predicted octanol–water partition coefficient (Wildman–Crippen LogP) is -2.79. The zero-order valence-corrected chi connectivity index (χ0v) is 22.0. The third-order valence-corrected chi connectivity index (χ3v) is 8.76. The molecule has 0 radical (unpaired) electrons. The molecule has 0 saturated carbocycles. The van der Waals surface area contributed by atoms with E-state index in [4.69, 9.17) is 26.0 Å². The van der Waals surface area contributed by atoms with Crippen molar-refractivity contribution in [1.29, 1.82) is 0 Å². The maximum absolute atomic E-state index is 12.7. The minimum absolute atomic E-state index is 0.0129. The fraction of sp³-hybridized carbons (Fsp3) is 0.467. The molecular weight excluding hydrogens is 595 g/mol. The SMILES string of the molecule is Nc1ccn([C@@H]2O[C@H](COP(=O)(O)OP(=O)(O)OP(=O)(O)O)[C@@H](O)[C@H]2NC(=O)[C@@H](N)Cc2cnc[nH]2)c(=O)n1. The van der Waals surface area contributed by atoms with Gasteiger partial charge in [0.1, 0.15) is 24.1 Å². The lowest BCUT2D eigenvalue weighted by Crippen LogP contribution is -2.53. The first-order valence-corrected chi connectivity index (χ1v) is 15.0. The third-order valence-electron chi connectivity index (χ3n) is 4.95. The van der Waals surface area contributed by atoms with Gasteiger partial charge in [-0.15, -0.1) is 0 Å². The quantitative estimate of drug-likeness (QED) is 0.108. The van der Waals surface area contributed by atoms with Crippen LogP contribution in [0.2, 0.25) is 0 Å². The highest BCUT2D eigenvalue weighted by molar-refractivity contribution is 7.66. The molecule has 1 fully saturated rings. The van der Waals surface area contributed by atoms with Crippen LogP contribution < -0.4 is 22.5 Å². The molecule has 39 heavy (non-hydrogen) atoms. The minimum atomic E-state index is -5.80. The Morgan fingerprint density at radius 1 is 1.23 bits per heavy atom. The average Bonchev–Trinajstić information content (AvgIpc) is 3.38. The molecule has 1 aliphatic rings. The number of phosphoric acid groups is 3. The number of aliphatic hydroxyl groups is 1. The van der Waals surface area contributed by atoms with Crippen molar-refractivity contribution < 1.29 is 61.1 Å². The number of anilines is 1. The fourth-order valence-corrected chi connectivity index (χ4v) is 6.39. The van der Waals surface area contributed by atoms with Crippen LogP contribution in [0.25, 0.3) is 0 Å². The molecule has 0 spiro atoms. The number of phosphoric ester groups is 1. The van der Waals surface area contributed by atoms with Crippen molar-refractivity contribution in [3.63, 3.8) is 0 Å². The van der Waals surface area contributed by atoms with Gasteiger partial charge in [0, 0.05) is 24.5 Å². The molecule has 218 valence electrons. The fourth-order valence-electron chi connectivity index (χ4n) is 3.37. The summed E-state index contributed by atoms with van der Waals surface area (Å²) in [5.41, 5.74) is 11.0. The second-order valence-electron chi connectivity index (χ2n) is 7.91. The van der Waals surface area contributed by atoms with Gasteiger partial charge < -0.3 is 51.2 Å². The Bertz CT molecular complexity index is 1370. The molecule has 1 aliphatic heterocycles. The molecule has 21 nitrogen and oxygen atoms in total. The average molecular weight is 619 g/mol. The molecule has 0 aromatic carbocycles.